The van der Waals surface area contributed by atoms with Crippen molar-refractivity contribution in [1.82, 2.24) is 0 Å². The summed E-state index contributed by atoms with van der Waals surface area (Å²) in [7, 11) is 0. The fourth-order valence-corrected chi connectivity index (χ4v) is 14.4. The number of thiophene rings is 1. The maximum Gasteiger partial charge on any atom is 0.264 e. The van der Waals surface area contributed by atoms with E-state index in [1.165, 1.54) is 121 Å². The molecule has 14 rings (SSSR count). The van der Waals surface area contributed by atoms with E-state index in [2.05, 4.69) is 275 Å². The molecule has 3 heterocycles. The van der Waals surface area contributed by atoms with Gasteiger partial charge in [-0.1, -0.05) is 211 Å². The van der Waals surface area contributed by atoms with Gasteiger partial charge in [-0.15, -0.1) is 11.3 Å². The predicted molar refractivity (Wildman–Crippen MR) is 303 cm³/mol. The van der Waals surface area contributed by atoms with Crippen molar-refractivity contribution >= 4 is 67.9 Å². The Balaban J connectivity index is 1.08. The third-order valence-electron chi connectivity index (χ3n) is 16.0. The molecule has 1 aromatic heterocycles. The lowest BCUT2D eigenvalue weighted by Crippen LogP contribution is -2.60. The largest absolute Gasteiger partial charge is 0.311 e. The molecular formula is C67H53BN2S. The summed E-state index contributed by atoms with van der Waals surface area (Å²) < 4.78 is 1.39. The molecule has 0 fully saturated rings. The van der Waals surface area contributed by atoms with Crippen LogP contribution in [0, 0.1) is 0 Å². The van der Waals surface area contributed by atoms with Crippen molar-refractivity contribution in [2.45, 2.75) is 57.8 Å². The molecule has 0 atom stereocenters. The number of hydrogen-bond acceptors (Lipinski definition) is 3. The number of benzene rings is 9. The van der Waals surface area contributed by atoms with Crippen molar-refractivity contribution in [3.63, 3.8) is 0 Å². The lowest BCUT2D eigenvalue weighted by atomic mass is 9.36. The summed E-state index contributed by atoms with van der Waals surface area (Å²) >= 11 is 2.05. The van der Waals surface area contributed by atoms with Crippen LogP contribution in [-0.4, -0.2) is 6.71 Å². The summed E-state index contributed by atoms with van der Waals surface area (Å²) in [6.45, 7) is 13.9. The zero-order chi connectivity index (χ0) is 48.0. The van der Waals surface area contributed by atoms with Crippen molar-refractivity contribution in [3.05, 3.63) is 245 Å². The van der Waals surface area contributed by atoms with Gasteiger partial charge in [0.1, 0.15) is 0 Å². The highest BCUT2D eigenvalue weighted by molar-refractivity contribution is 7.30. The van der Waals surface area contributed by atoms with Crippen LogP contribution < -0.4 is 25.5 Å². The van der Waals surface area contributed by atoms with Crippen LogP contribution in [0.5, 0.6) is 0 Å². The molecule has 0 saturated heterocycles. The molecule has 10 aromatic rings. The van der Waals surface area contributed by atoms with E-state index in [1.54, 1.807) is 0 Å². The normalized spacial score (nSPS) is 14.4. The van der Waals surface area contributed by atoms with Gasteiger partial charge in [-0.2, -0.15) is 0 Å². The third-order valence-corrected chi connectivity index (χ3v) is 17.4. The van der Waals surface area contributed by atoms with Crippen LogP contribution in [-0.2, 0) is 16.2 Å². The lowest BCUT2D eigenvalue weighted by Gasteiger charge is -2.43. The van der Waals surface area contributed by atoms with Crippen molar-refractivity contribution in [2.75, 3.05) is 9.80 Å². The number of para-hydroxylation sites is 1. The number of fused-ring (bicyclic) bond motifs is 15. The molecule has 2 nitrogen and oxygen atoms in total. The van der Waals surface area contributed by atoms with Crippen molar-refractivity contribution in [2.24, 2.45) is 0 Å². The lowest BCUT2D eigenvalue weighted by molar-refractivity contribution is 0.590. The molecule has 2 aliphatic heterocycles. The Labute approximate surface area is 422 Å². The molecular weight excluding hydrogens is 876 g/mol. The number of nitrogens with zero attached hydrogens (tertiary/aromatic N) is 2. The SMILES string of the molecule is CC(C)(C)c1ccc(N2c3cc(-c4cc(C(C)(C)C)ccc4-c4ccccc4)ccc3B3c4sc5c(c4N(c4ccccc4)c4cccc2c43)-c2ccccc2C52c3ccccc3-c3ccccc32)cc1. The minimum Gasteiger partial charge on any atom is -0.311 e. The van der Waals surface area contributed by atoms with Crippen molar-refractivity contribution in [3.8, 4) is 44.5 Å². The summed E-state index contributed by atoms with van der Waals surface area (Å²) in [6, 6.07) is 80.8. The Kier molecular flexibility index (Phi) is 9.03. The van der Waals surface area contributed by atoms with E-state index in [4.69, 9.17) is 0 Å². The van der Waals surface area contributed by atoms with E-state index < -0.39 is 5.41 Å². The molecule has 1 spiro atoms. The van der Waals surface area contributed by atoms with E-state index in [-0.39, 0.29) is 17.5 Å². The minimum atomic E-state index is -0.452. The van der Waals surface area contributed by atoms with E-state index in [1.807, 2.05) is 0 Å². The number of rotatable bonds is 4. The number of hydrogen-bond donors (Lipinski definition) is 0. The van der Waals surface area contributed by atoms with E-state index in [0.29, 0.717) is 0 Å². The molecule has 0 bridgehead atoms. The summed E-state index contributed by atoms with van der Waals surface area (Å²) in [4.78, 5) is 6.61. The second-order valence-electron chi connectivity index (χ2n) is 22.0. The maximum atomic E-state index is 2.62. The van der Waals surface area contributed by atoms with Crippen LogP contribution in [0.2, 0.25) is 0 Å². The van der Waals surface area contributed by atoms with Gasteiger partial charge < -0.3 is 9.80 Å². The molecule has 0 radical (unpaired) electrons. The first-order valence-electron chi connectivity index (χ1n) is 25.2. The zero-order valence-corrected chi connectivity index (χ0v) is 41.9. The molecule has 4 aliphatic rings. The highest BCUT2D eigenvalue weighted by Gasteiger charge is 2.56. The second-order valence-corrected chi connectivity index (χ2v) is 23.1. The quantitative estimate of drug-likeness (QED) is 0.162. The smallest absolute Gasteiger partial charge is 0.264 e. The Morgan fingerprint density at radius 1 is 0.408 bits per heavy atom. The fraction of sp³-hybridized carbons (Fsp3) is 0.134. The summed E-state index contributed by atoms with van der Waals surface area (Å²) in [5, 5.41) is 0. The Morgan fingerprint density at radius 2 is 0.958 bits per heavy atom. The monoisotopic (exact) mass is 928 g/mol. The first-order chi connectivity index (χ1) is 34.5. The summed E-state index contributed by atoms with van der Waals surface area (Å²) in [5.41, 5.74) is 26.6. The van der Waals surface area contributed by atoms with Gasteiger partial charge in [-0.3, -0.25) is 0 Å². The van der Waals surface area contributed by atoms with Gasteiger partial charge in [0.2, 0.25) is 0 Å². The van der Waals surface area contributed by atoms with Gasteiger partial charge >= 0.3 is 0 Å². The molecule has 2 aliphatic carbocycles. The van der Waals surface area contributed by atoms with Gasteiger partial charge in [-0.05, 0) is 131 Å². The van der Waals surface area contributed by atoms with Crippen LogP contribution in [0.4, 0.5) is 34.1 Å². The Morgan fingerprint density at radius 3 is 1.61 bits per heavy atom. The zero-order valence-electron chi connectivity index (χ0n) is 41.1. The van der Waals surface area contributed by atoms with Gasteiger partial charge in [-0.25, -0.2) is 0 Å². The molecule has 4 heteroatoms. The minimum absolute atomic E-state index is 0.0205. The van der Waals surface area contributed by atoms with Crippen molar-refractivity contribution < 1.29 is 0 Å². The van der Waals surface area contributed by atoms with Gasteiger partial charge in [0.15, 0.2) is 0 Å². The van der Waals surface area contributed by atoms with Crippen LogP contribution in [0.25, 0.3) is 44.5 Å². The Bertz CT molecular complexity index is 3750. The van der Waals surface area contributed by atoms with Crippen LogP contribution >= 0.6 is 11.3 Å². The molecule has 9 aromatic carbocycles. The number of anilines is 6. The van der Waals surface area contributed by atoms with Crippen LogP contribution in [0.1, 0.15) is 74.2 Å². The highest BCUT2D eigenvalue weighted by Crippen LogP contribution is 2.67. The first-order valence-corrected chi connectivity index (χ1v) is 26.0. The van der Waals surface area contributed by atoms with Crippen molar-refractivity contribution in [1.29, 1.82) is 0 Å². The van der Waals surface area contributed by atoms with E-state index in [9.17, 15) is 0 Å². The van der Waals surface area contributed by atoms with E-state index >= 15 is 0 Å². The van der Waals surface area contributed by atoms with Gasteiger partial charge in [0.25, 0.3) is 6.71 Å². The molecule has 340 valence electrons. The van der Waals surface area contributed by atoms with Gasteiger partial charge in [0, 0.05) is 43.7 Å². The molecule has 0 saturated carbocycles. The van der Waals surface area contributed by atoms with Gasteiger partial charge in [0.05, 0.1) is 11.1 Å². The maximum absolute atomic E-state index is 2.62. The molecule has 0 N–H and O–H groups in total. The predicted octanol–water partition coefficient (Wildman–Crippen LogP) is 16.1. The van der Waals surface area contributed by atoms with E-state index in [0.717, 1.165) is 5.69 Å². The Hall–Kier alpha value is -7.66. The molecule has 0 amide bonds. The summed E-state index contributed by atoms with van der Waals surface area (Å²) in [6.07, 6.45) is 0. The van der Waals surface area contributed by atoms with Crippen LogP contribution in [0.3, 0.4) is 0 Å². The molecule has 71 heavy (non-hydrogen) atoms. The average Bonchev–Trinajstić information content (AvgIpc) is 4.03. The second kappa shape index (κ2) is 15.2. The fourth-order valence-electron chi connectivity index (χ4n) is 12.7. The third kappa shape index (κ3) is 5.95. The standard InChI is InChI=1S/C67H53BN2S/c1-65(2,3)44-33-36-47(37-34-44)69-57-30-19-31-58-61(57)68(56-39-32-43(40-59(56)69)52-41-45(66(4,5)6)35-38-48(52)42-20-9-7-10-21-42)64-62(70(58)46-22-11-8-12-23-46)60-51-26-15-18-29-55(51)67(63(60)71-64)53-27-16-13-24-49(53)50-25-14-17-28-54(50)67/h7-41H,1-6H3. The molecule has 0 unspecified atom stereocenters. The average molecular weight is 929 g/mol. The van der Waals surface area contributed by atoms with Crippen LogP contribution in [0.15, 0.2) is 212 Å². The first kappa shape index (κ1) is 42.2. The topological polar surface area (TPSA) is 6.48 Å². The highest BCUT2D eigenvalue weighted by atomic mass is 32.1. The summed E-state index contributed by atoms with van der Waals surface area (Å²) in [5.74, 6) is 0.